The maximum atomic E-state index is 6.48. The summed E-state index contributed by atoms with van der Waals surface area (Å²) < 4.78 is 2.18. The first-order chi connectivity index (χ1) is 12.6. The van der Waals surface area contributed by atoms with Crippen LogP contribution in [-0.2, 0) is 6.54 Å². The molecule has 138 valence electrons. The van der Waals surface area contributed by atoms with Gasteiger partial charge in [0.05, 0.1) is 20.4 Å². The number of hydrogen-bond acceptors (Lipinski definition) is 6. The zero-order chi connectivity index (χ0) is 18.1. The average Bonchev–Trinajstić information content (AvgIpc) is 3.19. The van der Waals surface area contributed by atoms with Gasteiger partial charge in [0.1, 0.15) is 5.15 Å². The van der Waals surface area contributed by atoms with Crippen molar-refractivity contribution in [1.29, 1.82) is 0 Å². The SMILES string of the molecule is N[C@@H]1CCNCC[C@@H]1c1sc2c(NCc3cccs3)cc(Cl)nc2c1Br. The molecule has 1 fully saturated rings. The lowest BCUT2D eigenvalue weighted by atomic mass is 9.94. The van der Waals surface area contributed by atoms with Crippen LogP contribution in [0.2, 0.25) is 5.15 Å². The van der Waals surface area contributed by atoms with Gasteiger partial charge >= 0.3 is 0 Å². The Morgan fingerprint density at radius 2 is 2.23 bits per heavy atom. The molecule has 4 N–H and O–H groups in total. The molecule has 0 bridgehead atoms. The molecular formula is C18H20BrClN4S2. The number of thiophene rings is 2. The van der Waals surface area contributed by atoms with Crippen molar-refractivity contribution in [2.24, 2.45) is 5.73 Å². The summed E-state index contributed by atoms with van der Waals surface area (Å²) in [5, 5.41) is 9.57. The first-order valence-electron chi connectivity index (χ1n) is 8.64. The monoisotopic (exact) mass is 470 g/mol. The van der Waals surface area contributed by atoms with Crippen molar-refractivity contribution in [2.75, 3.05) is 18.4 Å². The van der Waals surface area contributed by atoms with Gasteiger partial charge in [0.2, 0.25) is 0 Å². The summed E-state index contributed by atoms with van der Waals surface area (Å²) in [5.74, 6) is 0.336. The zero-order valence-corrected chi connectivity index (χ0v) is 18.1. The van der Waals surface area contributed by atoms with Gasteiger partial charge in [-0.3, -0.25) is 0 Å². The molecule has 0 spiro atoms. The molecule has 4 heterocycles. The third kappa shape index (κ3) is 3.79. The quantitative estimate of drug-likeness (QED) is 0.459. The van der Waals surface area contributed by atoms with Crippen molar-refractivity contribution < 1.29 is 0 Å². The Morgan fingerprint density at radius 3 is 3.04 bits per heavy atom. The number of nitrogens with one attached hydrogen (secondary N) is 2. The fourth-order valence-corrected chi connectivity index (χ4v) is 6.51. The smallest absolute Gasteiger partial charge is 0.131 e. The van der Waals surface area contributed by atoms with Crippen molar-refractivity contribution in [3.05, 3.63) is 43.0 Å². The molecule has 0 unspecified atom stereocenters. The minimum absolute atomic E-state index is 0.160. The molecule has 2 atom stereocenters. The fraction of sp³-hybridized carbons (Fsp3) is 0.389. The number of nitrogens with zero attached hydrogens (tertiary/aromatic N) is 1. The minimum Gasteiger partial charge on any atom is -0.379 e. The number of nitrogens with two attached hydrogens (primary N) is 1. The molecule has 4 rings (SSSR count). The Balaban J connectivity index is 1.72. The average molecular weight is 472 g/mol. The van der Waals surface area contributed by atoms with Crippen LogP contribution >= 0.6 is 50.2 Å². The maximum Gasteiger partial charge on any atom is 0.131 e. The van der Waals surface area contributed by atoms with Gasteiger partial charge in [0.15, 0.2) is 0 Å². The normalized spacial score (nSPS) is 21.0. The lowest BCUT2D eigenvalue weighted by Crippen LogP contribution is -2.28. The van der Waals surface area contributed by atoms with Crippen molar-refractivity contribution in [3.63, 3.8) is 0 Å². The molecule has 1 saturated heterocycles. The molecule has 0 radical (unpaired) electrons. The van der Waals surface area contributed by atoms with Crippen molar-refractivity contribution in [1.82, 2.24) is 10.3 Å². The first kappa shape index (κ1) is 18.7. The van der Waals surface area contributed by atoms with Crippen molar-refractivity contribution in [3.8, 4) is 0 Å². The summed E-state index contributed by atoms with van der Waals surface area (Å²) in [6, 6.07) is 6.27. The number of anilines is 1. The topological polar surface area (TPSA) is 63.0 Å². The van der Waals surface area contributed by atoms with E-state index in [1.54, 1.807) is 22.7 Å². The van der Waals surface area contributed by atoms with E-state index in [9.17, 15) is 0 Å². The Kier molecular flexibility index (Phi) is 5.83. The van der Waals surface area contributed by atoms with E-state index < -0.39 is 0 Å². The van der Waals surface area contributed by atoms with Crippen LogP contribution in [0.15, 0.2) is 28.1 Å². The van der Waals surface area contributed by atoms with E-state index in [1.807, 2.05) is 6.07 Å². The van der Waals surface area contributed by atoms with Crippen molar-refractivity contribution in [2.45, 2.75) is 31.3 Å². The Hall–Kier alpha value is -0.700. The van der Waals surface area contributed by atoms with E-state index >= 15 is 0 Å². The van der Waals surface area contributed by atoms with Gasteiger partial charge in [0.25, 0.3) is 0 Å². The van der Waals surface area contributed by atoms with Gasteiger partial charge in [-0.25, -0.2) is 4.98 Å². The van der Waals surface area contributed by atoms with Crippen LogP contribution in [0.3, 0.4) is 0 Å². The lowest BCUT2D eigenvalue weighted by Gasteiger charge is -2.19. The number of rotatable bonds is 4. The molecule has 3 aromatic rings. The predicted octanol–water partition coefficient (Wildman–Crippen LogP) is 5.18. The van der Waals surface area contributed by atoms with E-state index in [0.29, 0.717) is 11.1 Å². The molecule has 1 aliphatic rings. The highest BCUT2D eigenvalue weighted by atomic mass is 79.9. The van der Waals surface area contributed by atoms with E-state index in [4.69, 9.17) is 17.3 Å². The van der Waals surface area contributed by atoms with Crippen LogP contribution in [0.5, 0.6) is 0 Å². The summed E-state index contributed by atoms with van der Waals surface area (Å²) >= 11 is 13.6. The van der Waals surface area contributed by atoms with E-state index in [2.05, 4.69) is 49.1 Å². The van der Waals surface area contributed by atoms with Gasteiger partial charge in [-0.2, -0.15) is 0 Å². The van der Waals surface area contributed by atoms with Gasteiger partial charge in [0, 0.05) is 34.3 Å². The van der Waals surface area contributed by atoms with Crippen LogP contribution in [-0.4, -0.2) is 24.1 Å². The standard InChI is InChI=1S/C18H20BrClN4S2/c19-15-16-18(26-17(15)11-3-5-22-6-4-12(11)21)13(8-14(20)24-16)23-9-10-2-1-7-25-10/h1-2,7-8,11-12,22H,3-6,9,21H2,(H,23,24)/t11-,12+/m0/s1. The minimum atomic E-state index is 0.160. The number of fused-ring (bicyclic) bond motifs is 1. The molecule has 8 heteroatoms. The van der Waals surface area contributed by atoms with E-state index in [0.717, 1.165) is 52.9 Å². The number of pyridine rings is 1. The summed E-state index contributed by atoms with van der Waals surface area (Å²) in [6.45, 7) is 2.76. The van der Waals surface area contributed by atoms with Crippen LogP contribution in [0.1, 0.15) is 28.5 Å². The Bertz CT molecular complexity index is 896. The fourth-order valence-electron chi connectivity index (χ4n) is 3.38. The second kappa shape index (κ2) is 8.12. The van der Waals surface area contributed by atoms with Crippen LogP contribution < -0.4 is 16.4 Å². The number of halogens is 2. The molecule has 0 amide bonds. The third-order valence-electron chi connectivity index (χ3n) is 4.75. The summed E-state index contributed by atoms with van der Waals surface area (Å²) in [7, 11) is 0. The van der Waals surface area contributed by atoms with Gasteiger partial charge in [-0.15, -0.1) is 22.7 Å². The molecular weight excluding hydrogens is 452 g/mol. The first-order valence-corrected chi connectivity index (χ1v) is 11.5. The van der Waals surface area contributed by atoms with Crippen LogP contribution in [0.4, 0.5) is 5.69 Å². The lowest BCUT2D eigenvalue weighted by molar-refractivity contribution is 0.524. The highest BCUT2D eigenvalue weighted by Crippen LogP contribution is 2.45. The second-order valence-corrected chi connectivity index (χ2v) is 9.75. The molecule has 0 saturated carbocycles. The maximum absolute atomic E-state index is 6.48. The molecule has 4 nitrogen and oxygen atoms in total. The third-order valence-corrected chi connectivity index (χ3v) is 8.23. The van der Waals surface area contributed by atoms with Gasteiger partial charge < -0.3 is 16.4 Å². The molecule has 0 aromatic carbocycles. The molecule has 1 aliphatic heterocycles. The van der Waals surface area contributed by atoms with E-state index in [-0.39, 0.29) is 6.04 Å². The molecule has 3 aromatic heterocycles. The Labute approximate surface area is 174 Å². The molecule has 0 aliphatic carbocycles. The Morgan fingerprint density at radius 1 is 1.38 bits per heavy atom. The second-order valence-electron chi connectivity index (χ2n) is 6.48. The van der Waals surface area contributed by atoms with E-state index in [1.165, 1.54) is 9.75 Å². The molecule has 26 heavy (non-hydrogen) atoms. The largest absolute Gasteiger partial charge is 0.379 e. The van der Waals surface area contributed by atoms with Crippen LogP contribution in [0.25, 0.3) is 10.2 Å². The van der Waals surface area contributed by atoms with Gasteiger partial charge in [-0.1, -0.05) is 17.7 Å². The predicted molar refractivity (Wildman–Crippen MR) is 117 cm³/mol. The van der Waals surface area contributed by atoms with Crippen LogP contribution in [0, 0.1) is 0 Å². The number of aromatic nitrogens is 1. The highest BCUT2D eigenvalue weighted by Gasteiger charge is 2.27. The number of hydrogen-bond donors (Lipinski definition) is 3. The van der Waals surface area contributed by atoms with Gasteiger partial charge in [-0.05, 0) is 53.3 Å². The summed E-state index contributed by atoms with van der Waals surface area (Å²) in [4.78, 5) is 7.15. The summed E-state index contributed by atoms with van der Waals surface area (Å²) in [5.41, 5.74) is 8.44. The van der Waals surface area contributed by atoms with Crippen molar-refractivity contribution >= 4 is 66.1 Å². The zero-order valence-electron chi connectivity index (χ0n) is 14.1. The summed E-state index contributed by atoms with van der Waals surface area (Å²) in [6.07, 6.45) is 2.03. The highest BCUT2D eigenvalue weighted by molar-refractivity contribution is 9.10.